The van der Waals surface area contributed by atoms with Crippen LogP contribution in [0.15, 0.2) is 182 Å². The largest absolute Gasteiger partial charge is 0.310 e. The Labute approximate surface area is 296 Å². The molecule has 2 heteroatoms. The predicted molar refractivity (Wildman–Crippen MR) is 215 cm³/mol. The standard InChI is InChI=1S/C48H33NS/c1-3-5-17-32(4-2)49(33-18-7-6-8-19-33)34-26-27-37-40-29-44-39(30-46(40)50-45(37)28-34)38-22-13-15-31-16-14-25-43(47(31)38)48(44)41-23-11-9-20-35(41)36-21-10-12-24-42(36)48/h3-30H,2H2,1H3/b5-3-,32-17+. The van der Waals surface area contributed by atoms with Crippen molar-refractivity contribution >= 4 is 53.7 Å². The summed E-state index contributed by atoms with van der Waals surface area (Å²) in [4.78, 5) is 2.29. The van der Waals surface area contributed by atoms with Crippen LogP contribution in [0.1, 0.15) is 29.2 Å². The Morgan fingerprint density at radius 3 is 1.98 bits per heavy atom. The number of para-hydroxylation sites is 1. The molecule has 0 N–H and O–H groups in total. The van der Waals surface area contributed by atoms with Gasteiger partial charge >= 0.3 is 0 Å². The van der Waals surface area contributed by atoms with Crippen LogP contribution in [0.25, 0.3) is 53.2 Å². The zero-order valence-electron chi connectivity index (χ0n) is 27.7. The summed E-state index contributed by atoms with van der Waals surface area (Å²) in [5.74, 6) is 0. The van der Waals surface area contributed by atoms with Crippen LogP contribution in [0.3, 0.4) is 0 Å². The summed E-state index contributed by atoms with van der Waals surface area (Å²) in [6.45, 7) is 6.23. The summed E-state index contributed by atoms with van der Waals surface area (Å²) >= 11 is 1.89. The molecule has 1 spiro atoms. The average molecular weight is 656 g/mol. The maximum Gasteiger partial charge on any atom is 0.0725 e. The van der Waals surface area contributed by atoms with Gasteiger partial charge in [-0.1, -0.05) is 128 Å². The zero-order chi connectivity index (χ0) is 33.4. The molecule has 0 atom stereocenters. The molecular formula is C48H33NS. The van der Waals surface area contributed by atoms with E-state index in [1.54, 1.807) is 0 Å². The van der Waals surface area contributed by atoms with Gasteiger partial charge in [0.25, 0.3) is 0 Å². The first kappa shape index (κ1) is 29.0. The Bertz CT molecular complexity index is 2690. The van der Waals surface area contributed by atoms with Crippen molar-refractivity contribution in [2.24, 2.45) is 0 Å². The van der Waals surface area contributed by atoms with E-state index in [0.29, 0.717) is 0 Å². The molecule has 0 bridgehead atoms. The lowest BCUT2D eigenvalue weighted by Gasteiger charge is -2.40. The Kier molecular flexibility index (Phi) is 6.40. The highest BCUT2D eigenvalue weighted by Crippen LogP contribution is 2.62. The zero-order valence-corrected chi connectivity index (χ0v) is 28.5. The van der Waals surface area contributed by atoms with Crippen molar-refractivity contribution in [2.75, 3.05) is 4.90 Å². The lowest BCUT2D eigenvalue weighted by molar-refractivity contribution is 0.775. The number of hydrogen-bond acceptors (Lipinski definition) is 2. The number of anilines is 2. The molecule has 1 heterocycles. The fourth-order valence-electron chi connectivity index (χ4n) is 8.77. The second-order valence-corrected chi connectivity index (χ2v) is 14.3. The Hall–Kier alpha value is -5.96. The van der Waals surface area contributed by atoms with Crippen molar-refractivity contribution in [1.29, 1.82) is 0 Å². The lowest BCUT2D eigenvalue weighted by Crippen LogP contribution is -2.31. The van der Waals surface area contributed by atoms with E-state index >= 15 is 0 Å². The lowest BCUT2D eigenvalue weighted by atomic mass is 9.61. The van der Waals surface area contributed by atoms with Crippen molar-refractivity contribution in [1.82, 2.24) is 0 Å². The van der Waals surface area contributed by atoms with Crippen LogP contribution in [-0.2, 0) is 5.41 Å². The molecular weight excluding hydrogens is 623 g/mol. The number of fused-ring (bicyclic) bond motifs is 12. The van der Waals surface area contributed by atoms with E-state index in [2.05, 4.69) is 175 Å². The second kappa shape index (κ2) is 11.0. The molecule has 1 aromatic heterocycles. The minimum atomic E-state index is -0.417. The molecule has 0 aliphatic heterocycles. The van der Waals surface area contributed by atoms with Crippen LogP contribution in [0.4, 0.5) is 11.4 Å². The van der Waals surface area contributed by atoms with Crippen LogP contribution in [-0.4, -0.2) is 0 Å². The van der Waals surface area contributed by atoms with Gasteiger partial charge in [0.15, 0.2) is 0 Å². The molecule has 0 amide bonds. The van der Waals surface area contributed by atoms with E-state index in [1.807, 2.05) is 24.3 Å². The molecule has 1 nitrogen and oxygen atoms in total. The number of benzene rings is 7. The molecule has 0 saturated heterocycles. The SMILES string of the molecule is C=C/C(=C\C=C/C)N(c1ccccc1)c1ccc2c(c1)sc1cc3c(cc12)C1(c2ccccc2-c2ccccc21)c1cccc2cccc-3c12. The minimum Gasteiger partial charge on any atom is -0.310 e. The highest BCUT2D eigenvalue weighted by molar-refractivity contribution is 7.25. The molecule has 8 aromatic rings. The number of allylic oxidation sites excluding steroid dienone is 4. The van der Waals surface area contributed by atoms with Gasteiger partial charge in [-0.05, 0) is 111 Å². The summed E-state index contributed by atoms with van der Waals surface area (Å²) in [6.07, 6.45) is 8.18. The summed E-state index contributed by atoms with van der Waals surface area (Å²) in [5, 5.41) is 5.25. The van der Waals surface area contributed by atoms with E-state index in [-0.39, 0.29) is 0 Å². The van der Waals surface area contributed by atoms with E-state index in [4.69, 9.17) is 0 Å². The molecule has 2 aliphatic carbocycles. The van der Waals surface area contributed by atoms with Crippen LogP contribution < -0.4 is 4.90 Å². The van der Waals surface area contributed by atoms with Crippen molar-refractivity contribution < 1.29 is 0 Å². The topological polar surface area (TPSA) is 3.24 Å². The molecule has 10 rings (SSSR count). The minimum absolute atomic E-state index is 0.417. The number of thiophene rings is 1. The summed E-state index contributed by atoms with van der Waals surface area (Å²) in [7, 11) is 0. The van der Waals surface area contributed by atoms with E-state index in [1.165, 1.54) is 75.5 Å². The van der Waals surface area contributed by atoms with Gasteiger partial charge < -0.3 is 4.90 Å². The summed E-state index contributed by atoms with van der Waals surface area (Å²) in [5.41, 5.74) is 13.6. The third-order valence-corrected chi connectivity index (χ3v) is 11.9. The van der Waals surface area contributed by atoms with Gasteiger partial charge in [-0.2, -0.15) is 0 Å². The van der Waals surface area contributed by atoms with Gasteiger partial charge in [-0.25, -0.2) is 0 Å². The smallest absolute Gasteiger partial charge is 0.0725 e. The monoisotopic (exact) mass is 655 g/mol. The predicted octanol–water partition coefficient (Wildman–Crippen LogP) is 13.3. The first-order valence-electron chi connectivity index (χ1n) is 17.3. The van der Waals surface area contributed by atoms with Crippen LogP contribution in [0, 0.1) is 0 Å². The van der Waals surface area contributed by atoms with Gasteiger partial charge in [0.2, 0.25) is 0 Å². The average Bonchev–Trinajstić information content (AvgIpc) is 3.68. The van der Waals surface area contributed by atoms with Crippen LogP contribution >= 0.6 is 11.3 Å². The van der Waals surface area contributed by atoms with Crippen molar-refractivity contribution in [2.45, 2.75) is 12.3 Å². The maximum absolute atomic E-state index is 4.19. The van der Waals surface area contributed by atoms with Gasteiger partial charge in [0.1, 0.15) is 0 Å². The van der Waals surface area contributed by atoms with Gasteiger partial charge in [-0.15, -0.1) is 11.3 Å². The Balaban J connectivity index is 1.28. The van der Waals surface area contributed by atoms with E-state index < -0.39 is 5.41 Å². The quantitative estimate of drug-likeness (QED) is 0.167. The molecule has 236 valence electrons. The van der Waals surface area contributed by atoms with E-state index in [9.17, 15) is 0 Å². The highest BCUT2D eigenvalue weighted by Gasteiger charge is 2.50. The summed E-state index contributed by atoms with van der Waals surface area (Å²) < 4.78 is 2.58. The molecule has 0 saturated carbocycles. The number of rotatable bonds is 5. The molecule has 0 unspecified atom stereocenters. The first-order chi connectivity index (χ1) is 24.7. The Morgan fingerprint density at radius 1 is 0.580 bits per heavy atom. The van der Waals surface area contributed by atoms with Crippen molar-refractivity contribution in [3.8, 4) is 22.3 Å². The third kappa shape index (κ3) is 3.88. The molecule has 2 aliphatic rings. The fraction of sp³-hybridized carbons (Fsp3) is 0.0417. The van der Waals surface area contributed by atoms with Crippen molar-refractivity contribution in [3.63, 3.8) is 0 Å². The van der Waals surface area contributed by atoms with Crippen LogP contribution in [0.5, 0.6) is 0 Å². The molecule has 0 radical (unpaired) electrons. The Morgan fingerprint density at radius 2 is 1.24 bits per heavy atom. The second-order valence-electron chi connectivity index (χ2n) is 13.2. The number of hydrogen-bond donors (Lipinski definition) is 0. The molecule has 50 heavy (non-hydrogen) atoms. The van der Waals surface area contributed by atoms with Gasteiger partial charge in [-0.3, -0.25) is 0 Å². The first-order valence-corrected chi connectivity index (χ1v) is 18.1. The van der Waals surface area contributed by atoms with Gasteiger partial charge in [0.05, 0.1) is 5.41 Å². The molecule has 0 fully saturated rings. The van der Waals surface area contributed by atoms with E-state index in [0.717, 1.165) is 17.1 Å². The van der Waals surface area contributed by atoms with Crippen molar-refractivity contribution in [3.05, 3.63) is 204 Å². The maximum atomic E-state index is 4.19. The fourth-order valence-corrected chi connectivity index (χ4v) is 9.93. The van der Waals surface area contributed by atoms with Gasteiger partial charge in [0, 0.05) is 37.2 Å². The summed E-state index contributed by atoms with van der Waals surface area (Å²) in [6, 6.07) is 54.4. The number of nitrogens with zero attached hydrogens (tertiary/aromatic N) is 1. The normalized spacial score (nSPS) is 14.0. The van der Waals surface area contributed by atoms with Crippen LogP contribution in [0.2, 0.25) is 0 Å². The highest BCUT2D eigenvalue weighted by atomic mass is 32.1. The third-order valence-electron chi connectivity index (χ3n) is 10.7. The molecule has 7 aromatic carbocycles.